The first-order valence-electron chi connectivity index (χ1n) is 31.8. The highest BCUT2D eigenvalue weighted by Gasteiger charge is 2.17. The summed E-state index contributed by atoms with van der Waals surface area (Å²) in [5, 5.41) is 6.69. The molecule has 16 nitrogen and oxygen atoms in total. The molecule has 0 bridgehead atoms. The minimum Gasteiger partial charge on any atom is -0.449 e. The average molecular weight is 1400 g/mol. The molecule has 0 fully saturated rings. The Kier molecular flexibility index (Phi) is 40.7. The van der Waals surface area contributed by atoms with E-state index in [0.717, 1.165) is 90.8 Å². The zero-order valence-corrected chi connectivity index (χ0v) is 67.5. The van der Waals surface area contributed by atoms with E-state index in [1.807, 2.05) is 120 Å². The van der Waals surface area contributed by atoms with Crippen molar-refractivity contribution in [3.63, 3.8) is 0 Å². The van der Waals surface area contributed by atoms with Crippen LogP contribution >= 0.6 is 68.0 Å². The van der Waals surface area contributed by atoms with E-state index in [9.17, 15) is 0 Å². The molecule has 11 rings (SSSR count). The molecule has 94 heavy (non-hydrogen) atoms. The lowest BCUT2D eigenvalue weighted by Gasteiger charge is -2.05. The minimum atomic E-state index is 0.385. The number of rotatable bonds is 7. The van der Waals surface area contributed by atoms with Crippen LogP contribution in [-0.2, 0) is 0 Å². The minimum absolute atomic E-state index is 0.385. The topological polar surface area (TPSA) is 207 Å². The lowest BCUT2D eigenvalue weighted by molar-refractivity contribution is 0.449. The Hall–Kier alpha value is -6.17. The van der Waals surface area contributed by atoms with Gasteiger partial charge in [-0.25, -0.2) is 49.8 Å². The van der Waals surface area contributed by atoms with Gasteiger partial charge >= 0.3 is 0 Å². The van der Waals surface area contributed by atoms with Gasteiger partial charge in [0.05, 0.1) is 77.1 Å². The molecule has 0 radical (unpaired) electrons. The molecule has 0 saturated carbocycles. The number of hydrogen-bond acceptors (Lipinski definition) is 22. The number of aryl methyl sites for hydroxylation is 18. The Balaban J connectivity index is 0.000000520. The summed E-state index contributed by atoms with van der Waals surface area (Å²) in [4.78, 5) is 52.1. The van der Waals surface area contributed by atoms with Crippen molar-refractivity contribution in [3.05, 3.63) is 184 Å². The summed E-state index contributed by atoms with van der Waals surface area (Å²) in [6.45, 7) is 65.6. The monoisotopic (exact) mass is 1400 g/mol. The van der Waals surface area contributed by atoms with Crippen molar-refractivity contribution in [2.45, 2.75) is 263 Å². The fourth-order valence-corrected chi connectivity index (χ4v) is 11.4. The lowest BCUT2D eigenvalue weighted by Crippen LogP contribution is -1.95. The third-order valence-electron chi connectivity index (χ3n) is 12.7. The zero-order valence-electron chi connectivity index (χ0n) is 62.6. The number of nitrogens with zero attached hydrogens (tertiary/aromatic N) is 11. The molecule has 0 aliphatic heterocycles. The normalized spacial score (nSPS) is 10.4. The van der Waals surface area contributed by atoms with Gasteiger partial charge in [0.15, 0.2) is 30.0 Å². The van der Waals surface area contributed by atoms with Crippen LogP contribution in [0.5, 0.6) is 0 Å². The maximum absolute atomic E-state index is 5.53. The van der Waals surface area contributed by atoms with E-state index in [1.54, 1.807) is 80.5 Å². The summed E-state index contributed by atoms with van der Waals surface area (Å²) >= 11 is 10.3. The quantitative estimate of drug-likeness (QED) is 0.145. The molecule has 520 valence electrons. The first kappa shape index (κ1) is 85.8. The van der Waals surface area contributed by atoms with E-state index in [0.29, 0.717) is 41.4 Å². The summed E-state index contributed by atoms with van der Waals surface area (Å²) < 4.78 is 26.3. The highest BCUT2D eigenvalue weighted by atomic mass is 32.1. The summed E-state index contributed by atoms with van der Waals surface area (Å²) in [6, 6.07) is 0. The second kappa shape index (κ2) is 44.5. The Morgan fingerprint density at radius 1 is 0.362 bits per heavy atom. The van der Waals surface area contributed by atoms with Crippen LogP contribution in [0.1, 0.15) is 275 Å². The lowest BCUT2D eigenvalue weighted by atomic mass is 10.0. The summed E-state index contributed by atoms with van der Waals surface area (Å²) in [7, 11) is 0. The van der Waals surface area contributed by atoms with Crippen LogP contribution in [0.3, 0.4) is 0 Å². The predicted octanol–water partition coefficient (Wildman–Crippen LogP) is 23.6. The van der Waals surface area contributed by atoms with Gasteiger partial charge in [0.1, 0.15) is 29.3 Å². The van der Waals surface area contributed by atoms with Gasteiger partial charge < -0.3 is 22.1 Å². The molecule has 0 aromatic carbocycles. The second-order valence-corrected chi connectivity index (χ2v) is 31.8. The third kappa shape index (κ3) is 35.0. The van der Waals surface area contributed by atoms with Crippen LogP contribution in [0.4, 0.5) is 0 Å². The van der Waals surface area contributed by atoms with Crippen LogP contribution in [0.25, 0.3) is 0 Å². The van der Waals surface area contributed by atoms with Gasteiger partial charge in [-0.05, 0) is 134 Å². The number of oxazole rings is 5. The van der Waals surface area contributed by atoms with E-state index in [-0.39, 0.29) is 0 Å². The molecular formula is C72H111N11O5S6. The zero-order chi connectivity index (χ0) is 71.7. The Bertz CT molecular complexity index is 3480. The molecule has 11 heterocycles. The molecule has 0 aliphatic carbocycles. The van der Waals surface area contributed by atoms with Crippen molar-refractivity contribution in [3.8, 4) is 0 Å². The molecule has 0 spiro atoms. The molecule has 0 N–H and O–H groups in total. The molecule has 0 aliphatic rings. The van der Waals surface area contributed by atoms with E-state index < -0.39 is 0 Å². The average Bonchev–Trinajstić information content (AvgIpc) is 1.78. The van der Waals surface area contributed by atoms with Gasteiger partial charge in [-0.3, -0.25) is 4.98 Å². The number of hydrogen-bond donors (Lipinski definition) is 0. The Morgan fingerprint density at radius 2 is 0.936 bits per heavy atom. The van der Waals surface area contributed by atoms with Crippen LogP contribution in [-0.4, -0.2) is 54.8 Å². The molecule has 0 unspecified atom stereocenters. The largest absolute Gasteiger partial charge is 0.449 e. The van der Waals surface area contributed by atoms with E-state index in [2.05, 4.69) is 185 Å². The molecule has 0 amide bonds. The number of thiazole rings is 6. The van der Waals surface area contributed by atoms with Crippen molar-refractivity contribution >= 4 is 68.0 Å². The summed E-state index contributed by atoms with van der Waals surface area (Å²) in [6.07, 6.45) is 8.69. The summed E-state index contributed by atoms with van der Waals surface area (Å²) in [5.41, 5.74) is 12.6. The van der Waals surface area contributed by atoms with Crippen molar-refractivity contribution < 1.29 is 22.1 Å². The van der Waals surface area contributed by atoms with Gasteiger partial charge in [-0.15, -0.1) is 68.0 Å². The van der Waals surface area contributed by atoms with Crippen molar-refractivity contribution in [2.75, 3.05) is 0 Å². The Labute approximate surface area is 588 Å². The standard InChI is InChI=1S/2C10H17NO.3C7H11NO.2C6H9NS.3C5H7NS.C4H5NS/c1-6(2)9-10(7(3)4)12-8(5)11-9;1-6(2)9-8(5)12-10(11-9)7(3)4;1-5(2)7-6(3)9-4-8-7;1-5(2)7-4-9-6(3)8-7;1-5(2)7-8-4-6(3)9-7;2*1-4-5(2)8-6(3)7-4;1-4-5(2)7-3-6-4;1-4-3-7-5(2)6-4;1-4-3-6-5(2)7-4;1-4-2-5-3-6-4/h2*6-7H,1-5H3;3*4-5H,1-3H3;2*1-3H3;3*3H,1-2H3;2-3H,1H3. The number of aromatic nitrogens is 11. The first-order chi connectivity index (χ1) is 43.8. The van der Waals surface area contributed by atoms with E-state index in [4.69, 9.17) is 22.1 Å². The van der Waals surface area contributed by atoms with Crippen LogP contribution < -0.4 is 0 Å². The second-order valence-electron chi connectivity index (χ2n) is 24.3. The predicted molar refractivity (Wildman–Crippen MR) is 399 cm³/mol. The maximum Gasteiger partial charge on any atom is 0.197 e. The highest BCUT2D eigenvalue weighted by Crippen LogP contribution is 2.27. The SMILES string of the molecule is Cc1cnc(C(C)C)o1.Cc1cnc(C)s1.Cc1cncs1.Cc1csc(C)n1.Cc1nc(C(C)C)c(C(C)C)o1.Cc1nc(C(C)C)co1.Cc1nc(C)c(C)s1.Cc1nc(C)c(C)s1.Cc1ncsc1C.Cc1oc(C(C)C)nc1C(C)C.Cc1ocnc1C(C)C. The maximum atomic E-state index is 5.53. The highest BCUT2D eigenvalue weighted by molar-refractivity contribution is 7.12. The van der Waals surface area contributed by atoms with Crippen molar-refractivity contribution in [1.29, 1.82) is 0 Å². The fourth-order valence-electron chi connectivity index (χ4n) is 7.50. The van der Waals surface area contributed by atoms with Crippen molar-refractivity contribution in [1.82, 2.24) is 54.8 Å². The molecule has 22 heteroatoms. The van der Waals surface area contributed by atoms with Crippen LogP contribution in [0, 0.1) is 125 Å². The Morgan fingerprint density at radius 3 is 1.13 bits per heavy atom. The van der Waals surface area contributed by atoms with Gasteiger partial charge in [0.2, 0.25) is 0 Å². The van der Waals surface area contributed by atoms with Gasteiger partial charge in [0, 0.05) is 79.5 Å². The molecule has 0 saturated heterocycles. The molecule has 0 atom stereocenters. The summed E-state index contributed by atoms with van der Waals surface area (Å²) in [5.74, 6) is 10.1. The van der Waals surface area contributed by atoms with Crippen molar-refractivity contribution in [2.24, 2.45) is 0 Å². The van der Waals surface area contributed by atoms with E-state index >= 15 is 0 Å². The smallest absolute Gasteiger partial charge is 0.197 e. The molecular weight excluding hydrogens is 1290 g/mol. The van der Waals surface area contributed by atoms with Gasteiger partial charge in [-0.2, -0.15) is 0 Å². The van der Waals surface area contributed by atoms with Crippen LogP contribution in [0.2, 0.25) is 0 Å². The third-order valence-corrected chi connectivity index (χ3v) is 18.0. The van der Waals surface area contributed by atoms with Gasteiger partial charge in [-0.1, -0.05) is 96.9 Å². The fraction of sp³-hybridized carbons (Fsp3) is 0.542. The first-order valence-corrected chi connectivity index (χ1v) is 36.9. The van der Waals surface area contributed by atoms with Crippen LogP contribution in [0.15, 0.2) is 69.7 Å². The van der Waals surface area contributed by atoms with Gasteiger partial charge in [0.25, 0.3) is 0 Å². The molecule has 11 aromatic rings. The molecule has 11 aromatic heterocycles. The van der Waals surface area contributed by atoms with E-state index in [1.165, 1.54) is 52.2 Å².